The van der Waals surface area contributed by atoms with E-state index in [4.69, 9.17) is 20.5 Å². The van der Waals surface area contributed by atoms with Gasteiger partial charge in [0, 0.05) is 5.69 Å². The maximum absolute atomic E-state index is 13.1. The summed E-state index contributed by atoms with van der Waals surface area (Å²) >= 11 is 0. The number of hydrogen-bond donors (Lipinski definition) is 1. The molecule has 0 amide bonds. The molecule has 0 atom stereocenters. The highest BCUT2D eigenvalue weighted by molar-refractivity contribution is 5.61. The van der Waals surface area contributed by atoms with Gasteiger partial charge in [-0.25, -0.2) is 0 Å². The lowest BCUT2D eigenvalue weighted by atomic mass is 10.1. The molecule has 118 valence electrons. The van der Waals surface area contributed by atoms with Gasteiger partial charge in [-0.2, -0.15) is 29.0 Å². The van der Waals surface area contributed by atoms with Crippen molar-refractivity contribution in [3.8, 4) is 24.0 Å². The van der Waals surface area contributed by atoms with Crippen LogP contribution < -0.4 is 10.1 Å². The molecule has 1 aromatic carbocycles. The second-order valence-electron chi connectivity index (χ2n) is 4.59. The van der Waals surface area contributed by atoms with Gasteiger partial charge in [0.15, 0.2) is 5.57 Å². The molecule has 1 rings (SSSR count). The van der Waals surface area contributed by atoms with Crippen LogP contribution >= 0.6 is 0 Å². The molecule has 0 aromatic heterocycles. The van der Waals surface area contributed by atoms with E-state index in [9.17, 15) is 13.2 Å². The first-order valence-corrected chi connectivity index (χ1v) is 6.32. The Kier molecular flexibility index (Phi) is 5.59. The van der Waals surface area contributed by atoms with Crippen LogP contribution in [-0.4, -0.2) is 6.10 Å². The van der Waals surface area contributed by atoms with Gasteiger partial charge in [0.25, 0.3) is 0 Å². The van der Waals surface area contributed by atoms with E-state index in [1.54, 1.807) is 19.9 Å². The van der Waals surface area contributed by atoms with E-state index in [0.717, 1.165) is 12.1 Å². The number of nitrogens with zero attached hydrogens (tertiary/aromatic N) is 3. The predicted octanol–water partition coefficient (Wildman–Crippen LogP) is 3.73. The molecule has 0 saturated heterocycles. The summed E-state index contributed by atoms with van der Waals surface area (Å²) < 4.78 is 44.4. The van der Waals surface area contributed by atoms with E-state index in [1.165, 1.54) is 18.2 Å². The minimum atomic E-state index is -4.66. The molecule has 0 heterocycles. The van der Waals surface area contributed by atoms with Gasteiger partial charge in [0.05, 0.1) is 11.7 Å². The number of alkyl halides is 3. The highest BCUT2D eigenvalue weighted by atomic mass is 19.4. The zero-order valence-corrected chi connectivity index (χ0v) is 12.2. The number of allylic oxidation sites excluding steroid dienone is 2. The molecule has 5 nitrogen and oxygen atoms in total. The number of halogens is 3. The van der Waals surface area contributed by atoms with E-state index in [-0.39, 0.29) is 11.4 Å². The molecule has 0 unspecified atom stereocenters. The first-order chi connectivity index (χ1) is 10.7. The molecule has 1 N–H and O–H groups in total. The number of hydrogen-bond acceptors (Lipinski definition) is 5. The molecule has 0 aliphatic carbocycles. The monoisotopic (exact) mass is 320 g/mol. The van der Waals surface area contributed by atoms with Gasteiger partial charge in [0.2, 0.25) is 0 Å². The molecule has 0 fully saturated rings. The molecule has 0 saturated carbocycles. The Hall–Kier alpha value is -3.18. The fourth-order valence-corrected chi connectivity index (χ4v) is 1.61. The molecule has 0 aliphatic rings. The highest BCUT2D eigenvalue weighted by Crippen LogP contribution is 2.38. The van der Waals surface area contributed by atoms with Crippen LogP contribution in [0.15, 0.2) is 29.5 Å². The lowest BCUT2D eigenvalue weighted by molar-refractivity contribution is -0.139. The lowest BCUT2D eigenvalue weighted by Gasteiger charge is -2.17. The Bertz CT molecular complexity index is 730. The van der Waals surface area contributed by atoms with Crippen molar-refractivity contribution < 1.29 is 17.9 Å². The van der Waals surface area contributed by atoms with E-state index in [2.05, 4.69) is 5.32 Å². The highest BCUT2D eigenvalue weighted by Gasteiger charge is 2.35. The number of ether oxygens (including phenoxy) is 1. The molecular weight excluding hydrogens is 309 g/mol. The first-order valence-electron chi connectivity index (χ1n) is 6.32. The third-order valence-corrected chi connectivity index (χ3v) is 2.50. The summed E-state index contributed by atoms with van der Waals surface area (Å²) in [6.45, 7) is 3.18. The Morgan fingerprint density at radius 2 is 1.74 bits per heavy atom. The van der Waals surface area contributed by atoms with Crippen LogP contribution in [0.2, 0.25) is 0 Å². The van der Waals surface area contributed by atoms with Crippen molar-refractivity contribution >= 4 is 5.69 Å². The second-order valence-corrected chi connectivity index (χ2v) is 4.59. The van der Waals surface area contributed by atoms with Crippen molar-refractivity contribution in [3.63, 3.8) is 0 Å². The van der Waals surface area contributed by atoms with Crippen LogP contribution in [-0.2, 0) is 6.18 Å². The quantitative estimate of drug-likeness (QED) is 0.853. The maximum atomic E-state index is 13.1. The normalized spacial score (nSPS) is 10.2. The van der Waals surface area contributed by atoms with Crippen molar-refractivity contribution in [2.45, 2.75) is 26.1 Å². The van der Waals surface area contributed by atoms with Gasteiger partial charge < -0.3 is 10.1 Å². The van der Waals surface area contributed by atoms with Crippen molar-refractivity contribution in [3.05, 3.63) is 35.0 Å². The van der Waals surface area contributed by atoms with Crippen molar-refractivity contribution in [2.75, 3.05) is 5.32 Å². The average molecular weight is 320 g/mol. The zero-order chi connectivity index (χ0) is 17.6. The van der Waals surface area contributed by atoms with Crippen molar-refractivity contribution in [1.29, 1.82) is 15.8 Å². The van der Waals surface area contributed by atoms with Crippen LogP contribution in [0.5, 0.6) is 5.75 Å². The van der Waals surface area contributed by atoms with Crippen LogP contribution in [0.4, 0.5) is 18.9 Å². The van der Waals surface area contributed by atoms with Crippen LogP contribution in [0.25, 0.3) is 0 Å². The van der Waals surface area contributed by atoms with Crippen LogP contribution in [0, 0.1) is 34.0 Å². The van der Waals surface area contributed by atoms with E-state index in [0.29, 0.717) is 0 Å². The summed E-state index contributed by atoms with van der Waals surface area (Å²) in [7, 11) is 0. The molecule has 0 radical (unpaired) electrons. The standard InChI is InChI=1S/C15H11F3N4O/c1-9(2)23-14-4-3-11(5-12(14)15(16,17)18)22-13(8-21)10(6-19)7-20/h3-5,9,22H,1-2H3. The lowest BCUT2D eigenvalue weighted by Crippen LogP contribution is -2.13. The summed E-state index contributed by atoms with van der Waals surface area (Å²) in [5.74, 6) is -0.346. The summed E-state index contributed by atoms with van der Waals surface area (Å²) in [5.41, 5.74) is -2.07. The Balaban J connectivity index is 3.32. The van der Waals surface area contributed by atoms with Gasteiger partial charge in [-0.05, 0) is 32.0 Å². The summed E-state index contributed by atoms with van der Waals surface area (Å²) in [4.78, 5) is 0. The maximum Gasteiger partial charge on any atom is 0.420 e. The SMILES string of the molecule is CC(C)Oc1ccc(NC(C#N)=C(C#N)C#N)cc1C(F)(F)F. The Morgan fingerprint density at radius 1 is 1.13 bits per heavy atom. The van der Waals surface area contributed by atoms with E-state index >= 15 is 0 Å². The topological polar surface area (TPSA) is 92.6 Å². The fraction of sp³-hybridized carbons (Fsp3) is 0.267. The molecule has 8 heteroatoms. The Labute approximate surface area is 130 Å². The van der Waals surface area contributed by atoms with Crippen LogP contribution in [0.1, 0.15) is 19.4 Å². The number of rotatable bonds is 4. The molecule has 0 bridgehead atoms. The number of anilines is 1. The zero-order valence-electron chi connectivity index (χ0n) is 12.2. The number of nitriles is 3. The fourth-order valence-electron chi connectivity index (χ4n) is 1.61. The van der Waals surface area contributed by atoms with Crippen molar-refractivity contribution in [2.24, 2.45) is 0 Å². The first kappa shape index (κ1) is 17.9. The average Bonchev–Trinajstić information content (AvgIpc) is 2.47. The van der Waals surface area contributed by atoms with Crippen molar-refractivity contribution in [1.82, 2.24) is 0 Å². The molecule has 23 heavy (non-hydrogen) atoms. The largest absolute Gasteiger partial charge is 0.490 e. The summed E-state index contributed by atoms with van der Waals surface area (Å²) in [6.07, 6.45) is -5.11. The van der Waals surface area contributed by atoms with Gasteiger partial charge >= 0.3 is 6.18 Å². The molecule has 0 spiro atoms. The Morgan fingerprint density at radius 3 is 2.17 bits per heavy atom. The minimum Gasteiger partial charge on any atom is -0.490 e. The molecular formula is C15H11F3N4O. The number of nitrogens with one attached hydrogen (secondary N) is 1. The molecule has 0 aliphatic heterocycles. The van der Waals surface area contributed by atoms with E-state index < -0.39 is 29.1 Å². The third-order valence-electron chi connectivity index (χ3n) is 2.50. The van der Waals surface area contributed by atoms with Gasteiger partial charge in [-0.1, -0.05) is 0 Å². The molecule has 1 aromatic rings. The van der Waals surface area contributed by atoms with Crippen LogP contribution in [0.3, 0.4) is 0 Å². The smallest absolute Gasteiger partial charge is 0.420 e. The van der Waals surface area contributed by atoms with E-state index in [1.807, 2.05) is 0 Å². The summed E-state index contributed by atoms with van der Waals surface area (Å²) in [6, 6.07) is 7.67. The van der Waals surface area contributed by atoms with Gasteiger partial charge in [-0.15, -0.1) is 0 Å². The summed E-state index contributed by atoms with van der Waals surface area (Å²) in [5, 5.41) is 28.7. The number of benzene rings is 1. The van der Waals surface area contributed by atoms with Gasteiger partial charge in [0.1, 0.15) is 29.7 Å². The minimum absolute atomic E-state index is 0.0898. The predicted molar refractivity (Wildman–Crippen MR) is 74.7 cm³/mol. The second kappa shape index (κ2) is 7.20. The van der Waals surface area contributed by atoms with Gasteiger partial charge in [-0.3, -0.25) is 0 Å². The third kappa shape index (κ3) is 4.66.